The molecule has 1 heterocycles. The molecule has 0 radical (unpaired) electrons. The molecule has 1 aliphatic rings. The number of carbonyl (C=O) groups is 2. The van der Waals surface area contributed by atoms with Gasteiger partial charge in [0.05, 0.1) is 0 Å². The molecule has 3 rings (SSSR count). The van der Waals surface area contributed by atoms with Gasteiger partial charge in [-0.2, -0.15) is 0 Å². The van der Waals surface area contributed by atoms with Crippen LogP contribution in [0.2, 0.25) is 0 Å². The van der Waals surface area contributed by atoms with E-state index in [2.05, 4.69) is 24.0 Å². The number of rotatable bonds is 6. The van der Waals surface area contributed by atoms with E-state index in [-0.39, 0.29) is 11.9 Å². The first-order valence-corrected chi connectivity index (χ1v) is 9.09. The Morgan fingerprint density at radius 1 is 0.963 bits per heavy atom. The topological polar surface area (TPSA) is 70.1 Å². The lowest BCUT2D eigenvalue weighted by molar-refractivity contribution is -0.145. The number of carboxylic acids is 1. The highest BCUT2D eigenvalue weighted by atomic mass is 16.5. The summed E-state index contributed by atoms with van der Waals surface area (Å²) in [7, 11) is 0. The van der Waals surface area contributed by atoms with Gasteiger partial charge in [-0.25, -0.2) is 0 Å². The summed E-state index contributed by atoms with van der Waals surface area (Å²) in [4.78, 5) is 26.5. The molecule has 1 saturated heterocycles. The highest BCUT2D eigenvalue weighted by Crippen LogP contribution is 2.26. The maximum atomic E-state index is 11.9. The largest absolute Gasteiger partial charge is 0.481 e. The monoisotopic (exact) mass is 368 g/mol. The lowest BCUT2D eigenvalue weighted by Crippen LogP contribution is -2.49. The molecule has 0 bridgehead atoms. The van der Waals surface area contributed by atoms with E-state index in [1.54, 1.807) is 4.90 Å². The second kappa shape index (κ2) is 8.68. The van der Waals surface area contributed by atoms with E-state index in [0.29, 0.717) is 13.1 Å². The molecule has 0 spiro atoms. The number of carboxylic acid groups (broad SMARTS) is 1. The lowest BCUT2D eigenvalue weighted by Gasteiger charge is -2.38. The van der Waals surface area contributed by atoms with Gasteiger partial charge in [0.1, 0.15) is 17.9 Å². The third kappa shape index (κ3) is 5.08. The molecule has 0 aromatic heterocycles. The minimum absolute atomic E-state index is 0.215. The van der Waals surface area contributed by atoms with Crippen molar-refractivity contribution in [3.8, 4) is 11.5 Å². The van der Waals surface area contributed by atoms with Gasteiger partial charge in [0.15, 0.2) is 0 Å². The smallest absolute Gasteiger partial charge is 0.312 e. The maximum Gasteiger partial charge on any atom is 0.312 e. The standard InChI is InChI=1S/C21H24N2O4/c1-16(22-11-13-23(14-12-22)20(24)15-21(25)26)17-7-9-19(10-8-17)27-18-5-3-2-4-6-18/h2-10,16H,11-15H2,1H3,(H,25,26). The van der Waals surface area contributed by atoms with Crippen LogP contribution in [0, 0.1) is 0 Å². The molecule has 1 amide bonds. The maximum absolute atomic E-state index is 11.9. The Hall–Kier alpha value is -2.86. The average molecular weight is 368 g/mol. The first-order chi connectivity index (χ1) is 13.0. The van der Waals surface area contributed by atoms with E-state index in [1.807, 2.05) is 42.5 Å². The predicted molar refractivity (Wildman–Crippen MR) is 102 cm³/mol. The molecule has 6 nitrogen and oxygen atoms in total. The van der Waals surface area contributed by atoms with Crippen LogP contribution in [0.3, 0.4) is 0 Å². The summed E-state index contributed by atoms with van der Waals surface area (Å²) in [6, 6.07) is 17.9. The van der Waals surface area contributed by atoms with E-state index in [4.69, 9.17) is 9.84 Å². The summed E-state index contributed by atoms with van der Waals surface area (Å²) in [6.07, 6.45) is -0.432. The Morgan fingerprint density at radius 2 is 1.56 bits per heavy atom. The van der Waals surface area contributed by atoms with Crippen molar-refractivity contribution in [2.24, 2.45) is 0 Å². The van der Waals surface area contributed by atoms with Gasteiger partial charge in [0.2, 0.25) is 5.91 Å². The fourth-order valence-electron chi connectivity index (χ4n) is 3.25. The summed E-state index contributed by atoms with van der Waals surface area (Å²) in [6.45, 7) is 4.72. The van der Waals surface area contributed by atoms with Crippen molar-refractivity contribution in [2.45, 2.75) is 19.4 Å². The number of benzene rings is 2. The summed E-state index contributed by atoms with van der Waals surface area (Å²) in [5, 5.41) is 8.75. The van der Waals surface area contributed by atoms with E-state index >= 15 is 0 Å². The molecule has 2 aromatic carbocycles. The molecule has 1 unspecified atom stereocenters. The van der Waals surface area contributed by atoms with Gasteiger partial charge in [0.25, 0.3) is 0 Å². The van der Waals surface area contributed by atoms with E-state index in [1.165, 1.54) is 5.56 Å². The van der Waals surface area contributed by atoms with Crippen LogP contribution in [0.5, 0.6) is 11.5 Å². The van der Waals surface area contributed by atoms with E-state index in [9.17, 15) is 9.59 Å². The molecule has 27 heavy (non-hydrogen) atoms. The van der Waals surface area contributed by atoms with Gasteiger partial charge in [-0.05, 0) is 36.8 Å². The highest BCUT2D eigenvalue weighted by molar-refractivity contribution is 5.93. The van der Waals surface area contributed by atoms with E-state index < -0.39 is 12.4 Å². The second-order valence-electron chi connectivity index (χ2n) is 6.65. The van der Waals surface area contributed by atoms with Crippen molar-refractivity contribution in [1.29, 1.82) is 0 Å². The van der Waals surface area contributed by atoms with Crippen molar-refractivity contribution >= 4 is 11.9 Å². The Kier molecular flexibility index (Phi) is 6.08. The molecule has 1 atom stereocenters. The molecule has 2 aromatic rings. The molecular weight excluding hydrogens is 344 g/mol. The van der Waals surface area contributed by atoms with Crippen molar-refractivity contribution in [1.82, 2.24) is 9.80 Å². The minimum Gasteiger partial charge on any atom is -0.481 e. The Labute approximate surface area is 159 Å². The van der Waals surface area contributed by atoms with Gasteiger partial charge in [-0.3, -0.25) is 14.5 Å². The zero-order valence-electron chi connectivity index (χ0n) is 15.4. The molecule has 1 N–H and O–H groups in total. The summed E-state index contributed by atoms with van der Waals surface area (Å²) < 4.78 is 5.82. The summed E-state index contributed by atoms with van der Waals surface area (Å²) in [5.41, 5.74) is 1.18. The first kappa shape index (κ1) is 18.9. The number of amides is 1. The minimum atomic E-state index is -1.08. The Morgan fingerprint density at radius 3 is 2.15 bits per heavy atom. The van der Waals surface area contributed by atoms with Crippen LogP contribution in [0.4, 0.5) is 0 Å². The van der Waals surface area contributed by atoms with Crippen LogP contribution in [-0.4, -0.2) is 53.0 Å². The summed E-state index contributed by atoms with van der Waals surface area (Å²) in [5.74, 6) is 0.215. The number of hydrogen-bond acceptors (Lipinski definition) is 4. The number of aliphatic carboxylic acids is 1. The van der Waals surface area contributed by atoms with Gasteiger partial charge < -0.3 is 14.7 Å². The molecular formula is C21H24N2O4. The SMILES string of the molecule is CC(c1ccc(Oc2ccccc2)cc1)N1CCN(C(=O)CC(=O)O)CC1. The molecule has 6 heteroatoms. The third-order valence-electron chi connectivity index (χ3n) is 4.86. The number of nitrogens with zero attached hydrogens (tertiary/aromatic N) is 2. The fourth-order valence-corrected chi connectivity index (χ4v) is 3.25. The van der Waals surface area contributed by atoms with Crippen molar-refractivity contribution in [3.63, 3.8) is 0 Å². The van der Waals surface area contributed by atoms with Crippen LogP contribution in [0.25, 0.3) is 0 Å². The number of para-hydroxylation sites is 1. The number of hydrogen-bond donors (Lipinski definition) is 1. The van der Waals surface area contributed by atoms with Crippen LogP contribution < -0.4 is 4.74 Å². The van der Waals surface area contributed by atoms with Crippen LogP contribution in [0.1, 0.15) is 24.9 Å². The normalized spacial score (nSPS) is 16.0. The fraction of sp³-hybridized carbons (Fsp3) is 0.333. The number of piperazine rings is 1. The van der Waals surface area contributed by atoms with Crippen molar-refractivity contribution in [3.05, 3.63) is 60.2 Å². The molecule has 1 fully saturated rings. The third-order valence-corrected chi connectivity index (χ3v) is 4.86. The molecule has 1 aliphatic heterocycles. The number of ether oxygens (including phenoxy) is 1. The van der Waals surface area contributed by atoms with Crippen molar-refractivity contribution < 1.29 is 19.4 Å². The zero-order chi connectivity index (χ0) is 19.2. The quantitative estimate of drug-likeness (QED) is 0.793. The molecule has 0 saturated carbocycles. The average Bonchev–Trinajstić information content (AvgIpc) is 2.68. The van der Waals surface area contributed by atoms with Crippen molar-refractivity contribution in [2.75, 3.05) is 26.2 Å². The molecule has 142 valence electrons. The highest BCUT2D eigenvalue weighted by Gasteiger charge is 2.25. The Bertz CT molecular complexity index is 769. The lowest BCUT2D eigenvalue weighted by atomic mass is 10.1. The van der Waals surface area contributed by atoms with Gasteiger partial charge in [-0.1, -0.05) is 30.3 Å². The Balaban J connectivity index is 1.54. The first-order valence-electron chi connectivity index (χ1n) is 9.09. The number of carbonyl (C=O) groups excluding carboxylic acids is 1. The van der Waals surface area contributed by atoms with Crippen LogP contribution in [0.15, 0.2) is 54.6 Å². The van der Waals surface area contributed by atoms with Gasteiger partial charge in [0, 0.05) is 32.2 Å². The summed E-state index contributed by atoms with van der Waals surface area (Å²) >= 11 is 0. The zero-order valence-corrected chi connectivity index (χ0v) is 15.4. The second-order valence-corrected chi connectivity index (χ2v) is 6.65. The van der Waals surface area contributed by atoms with Crippen LogP contribution in [-0.2, 0) is 9.59 Å². The molecule has 0 aliphatic carbocycles. The van der Waals surface area contributed by atoms with E-state index in [0.717, 1.165) is 24.6 Å². The van der Waals surface area contributed by atoms with Gasteiger partial charge >= 0.3 is 5.97 Å². The predicted octanol–water partition coefficient (Wildman–Crippen LogP) is 3.16. The van der Waals surface area contributed by atoms with Crippen LogP contribution >= 0.6 is 0 Å². The van der Waals surface area contributed by atoms with Gasteiger partial charge in [-0.15, -0.1) is 0 Å².